The van der Waals surface area contributed by atoms with Crippen molar-refractivity contribution in [3.05, 3.63) is 57.1 Å². The van der Waals surface area contributed by atoms with Gasteiger partial charge in [-0.05, 0) is 30.5 Å². The number of fused-ring (bicyclic) bond motifs is 1. The number of benzene rings is 2. The van der Waals surface area contributed by atoms with Crippen molar-refractivity contribution in [3.63, 3.8) is 0 Å². The standard InChI is InChI=1S/C21H16Cl2N2O6S/c1-10(26)24-16-5-11(3-4-18(16)32-2)17(27)9-31-19(28)8-25-20(29)12-6-14(22)15(23)7-13(12)21(25)30/h3-7H,8-9H2,1-2H3,(H,24,26). The van der Waals surface area contributed by atoms with Crippen LogP contribution in [0.3, 0.4) is 0 Å². The highest BCUT2D eigenvalue weighted by molar-refractivity contribution is 7.98. The summed E-state index contributed by atoms with van der Waals surface area (Å²) in [4.78, 5) is 62.3. The minimum Gasteiger partial charge on any atom is -0.456 e. The lowest BCUT2D eigenvalue weighted by molar-refractivity contribution is -0.142. The van der Waals surface area contributed by atoms with Crippen molar-refractivity contribution in [1.29, 1.82) is 0 Å². The van der Waals surface area contributed by atoms with Gasteiger partial charge in [0.1, 0.15) is 6.54 Å². The van der Waals surface area contributed by atoms with Crippen molar-refractivity contribution in [2.45, 2.75) is 11.8 Å². The quantitative estimate of drug-likeness (QED) is 0.270. The van der Waals surface area contributed by atoms with E-state index in [1.165, 1.54) is 36.9 Å². The topological polar surface area (TPSA) is 110 Å². The van der Waals surface area contributed by atoms with Gasteiger partial charge in [-0.25, -0.2) is 0 Å². The maximum atomic E-state index is 12.4. The molecule has 0 bridgehead atoms. The Hall–Kier alpha value is -2.88. The monoisotopic (exact) mass is 494 g/mol. The van der Waals surface area contributed by atoms with Crippen LogP contribution in [0.2, 0.25) is 10.0 Å². The van der Waals surface area contributed by atoms with Crippen LogP contribution >= 0.6 is 35.0 Å². The molecule has 0 fully saturated rings. The fourth-order valence-electron chi connectivity index (χ4n) is 3.00. The molecule has 0 atom stereocenters. The summed E-state index contributed by atoms with van der Waals surface area (Å²) >= 11 is 13.2. The second-order valence-electron chi connectivity index (χ2n) is 6.69. The van der Waals surface area contributed by atoms with Gasteiger partial charge in [-0.15, -0.1) is 11.8 Å². The zero-order valence-corrected chi connectivity index (χ0v) is 19.2. The molecule has 0 radical (unpaired) electrons. The van der Waals surface area contributed by atoms with Gasteiger partial charge in [0.15, 0.2) is 12.4 Å². The third-order valence-electron chi connectivity index (χ3n) is 4.50. The molecule has 1 N–H and O–H groups in total. The van der Waals surface area contributed by atoms with Gasteiger partial charge >= 0.3 is 5.97 Å². The van der Waals surface area contributed by atoms with Crippen molar-refractivity contribution in [1.82, 2.24) is 4.90 Å². The van der Waals surface area contributed by atoms with Crippen LogP contribution in [0.4, 0.5) is 5.69 Å². The lowest BCUT2D eigenvalue weighted by Crippen LogP contribution is -2.36. The van der Waals surface area contributed by atoms with Crippen molar-refractivity contribution >= 4 is 70.1 Å². The highest BCUT2D eigenvalue weighted by Gasteiger charge is 2.37. The molecule has 3 rings (SSSR count). The van der Waals surface area contributed by atoms with Gasteiger partial charge in [-0.2, -0.15) is 0 Å². The molecule has 2 aromatic rings. The normalized spacial score (nSPS) is 12.6. The molecule has 0 spiro atoms. The predicted molar refractivity (Wildman–Crippen MR) is 120 cm³/mol. The molecule has 0 aliphatic carbocycles. The van der Waals surface area contributed by atoms with Crippen LogP contribution in [0.25, 0.3) is 0 Å². The smallest absolute Gasteiger partial charge is 0.326 e. The van der Waals surface area contributed by atoms with Crippen LogP contribution < -0.4 is 5.32 Å². The number of amides is 3. The lowest BCUT2D eigenvalue weighted by Gasteiger charge is -2.13. The lowest BCUT2D eigenvalue weighted by atomic mass is 10.1. The van der Waals surface area contributed by atoms with E-state index in [1.807, 2.05) is 6.26 Å². The van der Waals surface area contributed by atoms with Gasteiger partial charge in [0.05, 0.1) is 26.9 Å². The fraction of sp³-hybridized carbons (Fsp3) is 0.190. The molecule has 8 nitrogen and oxygen atoms in total. The van der Waals surface area contributed by atoms with Crippen molar-refractivity contribution < 1.29 is 28.7 Å². The van der Waals surface area contributed by atoms with E-state index >= 15 is 0 Å². The van der Waals surface area contributed by atoms with Gasteiger partial charge in [-0.1, -0.05) is 29.3 Å². The summed E-state index contributed by atoms with van der Waals surface area (Å²) in [5.41, 5.74) is 0.759. The molecule has 0 saturated heterocycles. The number of hydrogen-bond acceptors (Lipinski definition) is 7. The molecule has 32 heavy (non-hydrogen) atoms. The summed E-state index contributed by atoms with van der Waals surface area (Å²) in [6, 6.07) is 7.23. The van der Waals surface area contributed by atoms with E-state index in [-0.39, 0.29) is 32.6 Å². The summed E-state index contributed by atoms with van der Waals surface area (Å²) < 4.78 is 4.96. The van der Waals surface area contributed by atoms with Crippen LogP contribution in [-0.2, 0) is 14.3 Å². The predicted octanol–water partition coefficient (Wildman–Crippen LogP) is 3.70. The molecule has 11 heteroatoms. The SMILES string of the molecule is CSc1ccc(C(=O)COC(=O)CN2C(=O)c3cc(Cl)c(Cl)cc3C2=O)cc1NC(C)=O. The number of halogens is 2. The molecule has 0 aromatic heterocycles. The summed E-state index contributed by atoms with van der Waals surface area (Å²) in [6.45, 7) is 0.0801. The number of anilines is 1. The fourth-order valence-corrected chi connectivity index (χ4v) is 3.86. The number of hydrogen-bond donors (Lipinski definition) is 1. The number of rotatable bonds is 7. The van der Waals surface area contributed by atoms with Gasteiger partial charge in [-0.3, -0.25) is 28.9 Å². The summed E-state index contributed by atoms with van der Waals surface area (Å²) in [6.07, 6.45) is 1.82. The Balaban J connectivity index is 1.64. The Morgan fingerprint density at radius 3 is 2.16 bits per heavy atom. The molecule has 0 saturated carbocycles. The molecule has 0 unspecified atom stereocenters. The van der Waals surface area contributed by atoms with Crippen molar-refractivity contribution in [2.24, 2.45) is 0 Å². The second-order valence-corrected chi connectivity index (χ2v) is 8.35. The molecule has 3 amide bonds. The molecule has 1 aliphatic rings. The summed E-state index contributed by atoms with van der Waals surface area (Å²) in [5, 5.41) is 2.85. The molecule has 2 aromatic carbocycles. The Labute approximate surface area is 197 Å². The van der Waals surface area contributed by atoms with E-state index < -0.39 is 36.7 Å². The Morgan fingerprint density at radius 1 is 1.03 bits per heavy atom. The number of imide groups is 1. The van der Waals surface area contributed by atoms with Gasteiger partial charge in [0, 0.05) is 17.4 Å². The highest BCUT2D eigenvalue weighted by Crippen LogP contribution is 2.31. The number of ketones is 1. The van der Waals surface area contributed by atoms with Crippen LogP contribution in [0.15, 0.2) is 35.2 Å². The van der Waals surface area contributed by atoms with E-state index in [0.717, 1.165) is 4.90 Å². The third kappa shape index (κ3) is 4.95. The van der Waals surface area contributed by atoms with E-state index in [4.69, 9.17) is 27.9 Å². The van der Waals surface area contributed by atoms with Crippen LogP contribution in [0.5, 0.6) is 0 Å². The van der Waals surface area contributed by atoms with Crippen molar-refractivity contribution in [3.8, 4) is 0 Å². The van der Waals surface area contributed by atoms with E-state index in [1.54, 1.807) is 12.1 Å². The van der Waals surface area contributed by atoms with E-state index in [2.05, 4.69) is 5.32 Å². The number of nitrogens with one attached hydrogen (secondary N) is 1. The summed E-state index contributed by atoms with van der Waals surface area (Å²) in [7, 11) is 0. The number of Topliss-reactive ketones (excluding diaryl/α,β-unsaturated/α-hetero) is 1. The minimum absolute atomic E-state index is 0.0349. The first kappa shape index (κ1) is 23.8. The molecule has 166 valence electrons. The van der Waals surface area contributed by atoms with Crippen LogP contribution in [0.1, 0.15) is 38.0 Å². The first-order chi connectivity index (χ1) is 15.1. The second kappa shape index (κ2) is 9.72. The van der Waals surface area contributed by atoms with Crippen LogP contribution in [-0.4, -0.2) is 53.8 Å². The number of nitrogens with zero attached hydrogens (tertiary/aromatic N) is 1. The zero-order chi connectivity index (χ0) is 23.6. The summed E-state index contributed by atoms with van der Waals surface area (Å²) in [5.74, 6) is -3.16. The first-order valence-corrected chi connectivity index (χ1v) is 11.1. The van der Waals surface area contributed by atoms with E-state index in [9.17, 15) is 24.0 Å². The number of carbonyl (C=O) groups is 5. The first-order valence-electron chi connectivity index (χ1n) is 9.12. The van der Waals surface area contributed by atoms with Crippen LogP contribution in [0, 0.1) is 0 Å². The maximum Gasteiger partial charge on any atom is 0.326 e. The van der Waals surface area contributed by atoms with Crippen molar-refractivity contribution in [2.75, 3.05) is 24.7 Å². The van der Waals surface area contributed by atoms with E-state index in [0.29, 0.717) is 10.6 Å². The molecule has 1 heterocycles. The Morgan fingerprint density at radius 2 is 1.62 bits per heavy atom. The number of ether oxygens (including phenoxy) is 1. The number of esters is 1. The Kier molecular flexibility index (Phi) is 7.22. The molecule has 1 aliphatic heterocycles. The third-order valence-corrected chi connectivity index (χ3v) is 6.01. The minimum atomic E-state index is -0.937. The zero-order valence-electron chi connectivity index (χ0n) is 16.9. The van der Waals surface area contributed by atoms with Gasteiger partial charge < -0.3 is 10.1 Å². The van der Waals surface area contributed by atoms with Gasteiger partial charge in [0.25, 0.3) is 11.8 Å². The highest BCUT2D eigenvalue weighted by atomic mass is 35.5. The molecular formula is C21H16Cl2N2O6S. The van der Waals surface area contributed by atoms with Gasteiger partial charge in [0.2, 0.25) is 5.91 Å². The maximum absolute atomic E-state index is 12.4. The number of thioether (sulfide) groups is 1. The average molecular weight is 495 g/mol. The largest absolute Gasteiger partial charge is 0.456 e. The molecular weight excluding hydrogens is 479 g/mol. The average Bonchev–Trinajstić information content (AvgIpc) is 2.96. The number of carbonyl (C=O) groups excluding carboxylic acids is 5. The Bertz CT molecular complexity index is 1130.